The van der Waals surface area contributed by atoms with Crippen LogP contribution in [0.1, 0.15) is 15.9 Å². The summed E-state index contributed by atoms with van der Waals surface area (Å²) in [5, 5.41) is 2.75. The van der Waals surface area contributed by atoms with Gasteiger partial charge in [0.2, 0.25) is 0 Å². The number of nitrogens with one attached hydrogen (secondary N) is 1. The summed E-state index contributed by atoms with van der Waals surface area (Å²) in [7, 11) is 0. The van der Waals surface area contributed by atoms with Crippen LogP contribution in [-0.4, -0.2) is 19.1 Å². The maximum Gasteiger partial charge on any atom is 0.252 e. The number of hydrogen-bond donors (Lipinski definition) is 1. The van der Waals surface area contributed by atoms with Gasteiger partial charge in [0.15, 0.2) is 0 Å². The van der Waals surface area contributed by atoms with Crippen molar-refractivity contribution >= 4 is 21.8 Å². The lowest BCUT2D eigenvalue weighted by Crippen LogP contribution is -2.23. The van der Waals surface area contributed by atoms with Crippen LogP contribution in [0.3, 0.4) is 0 Å². The summed E-state index contributed by atoms with van der Waals surface area (Å²) in [6.45, 7) is 4.30. The third-order valence-corrected chi connectivity index (χ3v) is 3.73. The van der Waals surface area contributed by atoms with Gasteiger partial charge in [0.1, 0.15) is 12.4 Å². The molecule has 0 spiro atoms. The lowest BCUT2D eigenvalue weighted by atomic mass is 10.1. The molecule has 2 aromatic rings. The number of rotatable bonds is 6. The molecular formula is C20H18BrNO2. The van der Waals surface area contributed by atoms with Crippen LogP contribution < -0.4 is 10.1 Å². The van der Waals surface area contributed by atoms with Crippen LogP contribution in [0.15, 0.2) is 65.7 Å². The third kappa shape index (κ3) is 5.60. The molecule has 0 unspecified atom stereocenters. The van der Waals surface area contributed by atoms with Crippen molar-refractivity contribution in [2.75, 3.05) is 13.2 Å². The summed E-state index contributed by atoms with van der Waals surface area (Å²) in [6, 6.07) is 15.0. The van der Waals surface area contributed by atoms with E-state index in [9.17, 15) is 4.79 Å². The number of benzene rings is 2. The summed E-state index contributed by atoms with van der Waals surface area (Å²) in [4.78, 5) is 11.9. The van der Waals surface area contributed by atoms with Crippen molar-refractivity contribution in [3.05, 3.63) is 76.8 Å². The van der Waals surface area contributed by atoms with Gasteiger partial charge in [0.05, 0.1) is 6.54 Å². The maximum atomic E-state index is 11.9. The number of carbonyl (C=O) groups excluding carboxylic acids is 1. The van der Waals surface area contributed by atoms with Gasteiger partial charge < -0.3 is 10.1 Å². The fourth-order valence-electron chi connectivity index (χ4n) is 2.02. The quantitative estimate of drug-likeness (QED) is 0.604. The molecule has 0 heterocycles. The number of halogens is 1. The standard InChI is InChI=1S/C20H18BrNO2/c1-2-7-16-8-3-4-9-19(16)24-15-6-5-14-22-20(23)17-10-12-18(21)13-11-17/h2-4,8-13H,1,7,14-15H2,(H,22,23). The number of amides is 1. The van der Waals surface area contributed by atoms with Crippen LogP contribution in [0, 0.1) is 11.8 Å². The fraction of sp³-hybridized carbons (Fsp3) is 0.150. The van der Waals surface area contributed by atoms with E-state index in [-0.39, 0.29) is 19.1 Å². The molecule has 1 N–H and O–H groups in total. The van der Waals surface area contributed by atoms with E-state index < -0.39 is 0 Å². The molecule has 0 radical (unpaired) electrons. The molecule has 3 nitrogen and oxygen atoms in total. The predicted octanol–water partition coefficient (Wildman–Crippen LogP) is 3.99. The molecule has 1 amide bonds. The first-order valence-corrected chi connectivity index (χ1v) is 8.31. The minimum Gasteiger partial charge on any atom is -0.481 e. The molecule has 0 aliphatic rings. The average molecular weight is 384 g/mol. The van der Waals surface area contributed by atoms with Crippen LogP contribution in [0.2, 0.25) is 0 Å². The summed E-state index contributed by atoms with van der Waals surface area (Å²) in [5.41, 5.74) is 1.69. The molecule has 2 aromatic carbocycles. The van der Waals surface area contributed by atoms with Gasteiger partial charge >= 0.3 is 0 Å². The number of ether oxygens (including phenoxy) is 1. The molecule has 2 rings (SSSR count). The van der Waals surface area contributed by atoms with Crippen molar-refractivity contribution in [2.24, 2.45) is 0 Å². The van der Waals surface area contributed by atoms with E-state index in [0.29, 0.717) is 5.56 Å². The average Bonchev–Trinajstić information content (AvgIpc) is 2.60. The monoisotopic (exact) mass is 383 g/mol. The molecule has 0 aliphatic carbocycles. The van der Waals surface area contributed by atoms with E-state index in [1.165, 1.54) is 0 Å². The van der Waals surface area contributed by atoms with Gasteiger partial charge in [-0.2, -0.15) is 0 Å². The highest BCUT2D eigenvalue weighted by molar-refractivity contribution is 9.10. The Bertz CT molecular complexity index is 757. The Labute approximate surface area is 150 Å². The largest absolute Gasteiger partial charge is 0.481 e. The van der Waals surface area contributed by atoms with Gasteiger partial charge in [0.25, 0.3) is 5.91 Å². The summed E-state index contributed by atoms with van der Waals surface area (Å²) >= 11 is 3.34. The molecule has 0 atom stereocenters. The van der Waals surface area contributed by atoms with Crippen LogP contribution in [0.5, 0.6) is 5.75 Å². The van der Waals surface area contributed by atoms with E-state index in [4.69, 9.17) is 4.74 Å². The Hall–Kier alpha value is -2.51. The lowest BCUT2D eigenvalue weighted by Gasteiger charge is -2.07. The number of carbonyl (C=O) groups is 1. The Morgan fingerprint density at radius 2 is 1.92 bits per heavy atom. The highest BCUT2D eigenvalue weighted by atomic mass is 79.9. The van der Waals surface area contributed by atoms with Crippen LogP contribution >= 0.6 is 15.9 Å². The molecule has 4 heteroatoms. The Balaban J connectivity index is 1.77. The second-order valence-electron chi connectivity index (χ2n) is 4.93. The van der Waals surface area contributed by atoms with Crippen molar-refractivity contribution in [2.45, 2.75) is 6.42 Å². The van der Waals surface area contributed by atoms with Gasteiger partial charge in [0, 0.05) is 10.0 Å². The normalized spacial score (nSPS) is 9.54. The second kappa shape index (κ2) is 9.59. The van der Waals surface area contributed by atoms with Crippen LogP contribution in [0.4, 0.5) is 0 Å². The Morgan fingerprint density at radius 3 is 2.67 bits per heavy atom. The van der Waals surface area contributed by atoms with Crippen molar-refractivity contribution < 1.29 is 9.53 Å². The lowest BCUT2D eigenvalue weighted by molar-refractivity contribution is 0.0958. The first kappa shape index (κ1) is 17.8. The smallest absolute Gasteiger partial charge is 0.252 e. The SMILES string of the molecule is C=CCc1ccccc1OCC#CCNC(=O)c1ccc(Br)cc1. The highest BCUT2D eigenvalue weighted by Crippen LogP contribution is 2.18. The summed E-state index contributed by atoms with van der Waals surface area (Å²) in [6.07, 6.45) is 2.60. The molecule has 0 fully saturated rings. The first-order chi connectivity index (χ1) is 11.7. The molecule has 0 saturated carbocycles. The van der Waals surface area contributed by atoms with Gasteiger partial charge in [-0.15, -0.1) is 6.58 Å². The van der Waals surface area contributed by atoms with Crippen LogP contribution in [-0.2, 0) is 6.42 Å². The third-order valence-electron chi connectivity index (χ3n) is 3.21. The van der Waals surface area contributed by atoms with Crippen molar-refractivity contribution in [3.8, 4) is 17.6 Å². The molecular weight excluding hydrogens is 366 g/mol. The second-order valence-corrected chi connectivity index (χ2v) is 5.85. The molecule has 0 bridgehead atoms. The number of allylic oxidation sites excluding steroid dienone is 1. The molecule has 0 aromatic heterocycles. The van der Waals surface area contributed by atoms with Crippen molar-refractivity contribution in [3.63, 3.8) is 0 Å². The number of hydrogen-bond acceptors (Lipinski definition) is 2. The zero-order valence-electron chi connectivity index (χ0n) is 13.2. The van der Waals surface area contributed by atoms with Gasteiger partial charge in [-0.3, -0.25) is 4.79 Å². The van der Waals surface area contributed by atoms with E-state index >= 15 is 0 Å². The highest BCUT2D eigenvalue weighted by Gasteiger charge is 2.03. The summed E-state index contributed by atoms with van der Waals surface area (Å²) in [5.74, 6) is 6.45. The van der Waals surface area contributed by atoms with E-state index in [1.54, 1.807) is 12.1 Å². The van der Waals surface area contributed by atoms with Gasteiger partial charge in [-0.25, -0.2) is 0 Å². The molecule has 24 heavy (non-hydrogen) atoms. The fourth-order valence-corrected chi connectivity index (χ4v) is 2.29. The first-order valence-electron chi connectivity index (χ1n) is 7.52. The Kier molecular flexibility index (Phi) is 7.13. The van der Waals surface area contributed by atoms with E-state index in [0.717, 1.165) is 22.2 Å². The topological polar surface area (TPSA) is 38.3 Å². The molecule has 0 saturated heterocycles. The van der Waals surface area contributed by atoms with Gasteiger partial charge in [-0.05, 0) is 42.3 Å². The zero-order chi connectivity index (χ0) is 17.2. The zero-order valence-corrected chi connectivity index (χ0v) is 14.8. The van der Waals surface area contributed by atoms with Gasteiger partial charge in [-0.1, -0.05) is 52.0 Å². The minimum atomic E-state index is -0.144. The molecule has 0 aliphatic heterocycles. The van der Waals surface area contributed by atoms with Crippen LogP contribution in [0.25, 0.3) is 0 Å². The summed E-state index contributed by atoms with van der Waals surface area (Å²) < 4.78 is 6.59. The van der Waals surface area contributed by atoms with E-state index in [2.05, 4.69) is 39.7 Å². The number of para-hydroxylation sites is 1. The predicted molar refractivity (Wildman–Crippen MR) is 100 cm³/mol. The van der Waals surface area contributed by atoms with Crippen molar-refractivity contribution in [1.82, 2.24) is 5.32 Å². The van der Waals surface area contributed by atoms with Crippen molar-refractivity contribution in [1.29, 1.82) is 0 Å². The molecule has 122 valence electrons. The maximum absolute atomic E-state index is 11.9. The van der Waals surface area contributed by atoms with E-state index in [1.807, 2.05) is 42.5 Å². The minimum absolute atomic E-state index is 0.144. The Morgan fingerprint density at radius 1 is 1.17 bits per heavy atom.